The Bertz CT molecular complexity index is 616. The highest BCUT2D eigenvalue weighted by atomic mass is 79.9. The van der Waals surface area contributed by atoms with E-state index in [1.165, 1.54) is 0 Å². The minimum atomic E-state index is 0.120. The normalized spacial score (nSPS) is 18.7. The van der Waals surface area contributed by atoms with Crippen molar-refractivity contribution < 1.29 is 0 Å². The van der Waals surface area contributed by atoms with Crippen molar-refractivity contribution in [2.24, 2.45) is 17.8 Å². The summed E-state index contributed by atoms with van der Waals surface area (Å²) in [5.41, 5.74) is 8.18. The summed E-state index contributed by atoms with van der Waals surface area (Å²) in [6.45, 7) is 0.660. The highest BCUT2D eigenvalue weighted by Gasteiger charge is 2.29. The number of rotatable bonds is 2. The largest absolute Gasteiger partial charge is 0.369 e. The molecule has 0 fully saturated rings. The van der Waals surface area contributed by atoms with Crippen molar-refractivity contribution in [3.8, 4) is 0 Å². The predicted molar refractivity (Wildman–Crippen MR) is 79.1 cm³/mol. The van der Waals surface area contributed by atoms with Gasteiger partial charge in [0.1, 0.15) is 0 Å². The van der Waals surface area contributed by atoms with Gasteiger partial charge in [-0.15, -0.1) is 0 Å². The summed E-state index contributed by atoms with van der Waals surface area (Å²) in [7, 11) is 1.91. The van der Waals surface area contributed by atoms with Crippen LogP contribution in [0.25, 0.3) is 0 Å². The van der Waals surface area contributed by atoms with Crippen LogP contribution in [0, 0.1) is 0 Å². The molecule has 1 unspecified atom stereocenters. The maximum Gasteiger partial charge on any atom is 0.196 e. The van der Waals surface area contributed by atoms with Gasteiger partial charge in [0.25, 0.3) is 0 Å². The van der Waals surface area contributed by atoms with E-state index in [0.717, 1.165) is 15.7 Å². The number of benzene rings is 1. The molecule has 1 aliphatic rings. The van der Waals surface area contributed by atoms with Gasteiger partial charge in [-0.2, -0.15) is 5.10 Å². The van der Waals surface area contributed by atoms with Gasteiger partial charge in [-0.1, -0.05) is 15.9 Å². The number of anilines is 1. The van der Waals surface area contributed by atoms with Gasteiger partial charge in [-0.3, -0.25) is 9.67 Å². The van der Waals surface area contributed by atoms with E-state index in [1.807, 2.05) is 48.6 Å². The fraction of sp³-hybridized carbons (Fsp3) is 0.231. The fourth-order valence-corrected chi connectivity index (χ4v) is 2.54. The van der Waals surface area contributed by atoms with E-state index < -0.39 is 0 Å². The van der Waals surface area contributed by atoms with Crippen LogP contribution in [-0.2, 0) is 7.05 Å². The zero-order chi connectivity index (χ0) is 13.4. The molecule has 0 bridgehead atoms. The third kappa shape index (κ3) is 2.23. The molecule has 1 aliphatic heterocycles. The van der Waals surface area contributed by atoms with Gasteiger partial charge in [0, 0.05) is 29.0 Å². The Kier molecular flexibility index (Phi) is 3.02. The number of aliphatic imine (C=N–C) groups is 1. The van der Waals surface area contributed by atoms with Gasteiger partial charge in [-0.05, 0) is 24.3 Å². The molecule has 5 nitrogen and oxygen atoms in total. The van der Waals surface area contributed by atoms with E-state index in [-0.39, 0.29) is 6.04 Å². The SMILES string of the molecule is Cn1cc(C2CN=C(N)N2c2ccc(Br)cc2)cn1. The second-order valence-electron chi connectivity index (χ2n) is 4.51. The van der Waals surface area contributed by atoms with Crippen molar-refractivity contribution in [3.05, 3.63) is 46.7 Å². The lowest BCUT2D eigenvalue weighted by Gasteiger charge is -2.25. The number of halogens is 1. The molecule has 1 aromatic carbocycles. The first-order valence-corrected chi connectivity index (χ1v) is 6.78. The minimum Gasteiger partial charge on any atom is -0.369 e. The number of hydrogen-bond donors (Lipinski definition) is 1. The molecule has 98 valence electrons. The van der Waals surface area contributed by atoms with Gasteiger partial charge in [0.2, 0.25) is 0 Å². The molecule has 0 saturated carbocycles. The molecule has 1 atom stereocenters. The smallest absolute Gasteiger partial charge is 0.196 e. The van der Waals surface area contributed by atoms with E-state index in [2.05, 4.69) is 26.0 Å². The molecular formula is C13H14BrN5. The monoisotopic (exact) mass is 319 g/mol. The van der Waals surface area contributed by atoms with Crippen molar-refractivity contribution in [2.45, 2.75) is 6.04 Å². The van der Waals surface area contributed by atoms with Crippen molar-refractivity contribution in [1.29, 1.82) is 0 Å². The lowest BCUT2D eigenvalue weighted by molar-refractivity contribution is 0.752. The van der Waals surface area contributed by atoms with E-state index in [1.54, 1.807) is 4.68 Å². The Hall–Kier alpha value is -1.82. The predicted octanol–water partition coefficient (Wildman–Crippen LogP) is 2.06. The Morgan fingerprint density at radius 1 is 1.32 bits per heavy atom. The Labute approximate surface area is 119 Å². The molecule has 2 heterocycles. The van der Waals surface area contributed by atoms with E-state index in [0.29, 0.717) is 12.5 Å². The van der Waals surface area contributed by atoms with Gasteiger partial charge >= 0.3 is 0 Å². The lowest BCUT2D eigenvalue weighted by atomic mass is 10.1. The molecule has 0 aliphatic carbocycles. The van der Waals surface area contributed by atoms with Crippen LogP contribution in [0.15, 0.2) is 46.1 Å². The highest BCUT2D eigenvalue weighted by Crippen LogP contribution is 2.31. The van der Waals surface area contributed by atoms with Crippen LogP contribution in [-0.4, -0.2) is 22.3 Å². The van der Waals surface area contributed by atoms with Crippen LogP contribution in [0.2, 0.25) is 0 Å². The van der Waals surface area contributed by atoms with E-state index >= 15 is 0 Å². The second kappa shape index (κ2) is 4.70. The third-order valence-corrected chi connectivity index (χ3v) is 3.73. The van der Waals surface area contributed by atoms with Crippen molar-refractivity contribution in [1.82, 2.24) is 9.78 Å². The molecule has 6 heteroatoms. The first-order valence-electron chi connectivity index (χ1n) is 5.98. The molecule has 0 spiro atoms. The average Bonchev–Trinajstić information content (AvgIpc) is 2.97. The van der Waals surface area contributed by atoms with Crippen molar-refractivity contribution >= 4 is 27.6 Å². The number of aryl methyl sites for hydroxylation is 1. The first-order chi connectivity index (χ1) is 9.15. The molecule has 19 heavy (non-hydrogen) atoms. The van der Waals surface area contributed by atoms with Gasteiger partial charge in [0.15, 0.2) is 5.96 Å². The quantitative estimate of drug-likeness (QED) is 0.921. The Morgan fingerprint density at radius 2 is 2.05 bits per heavy atom. The molecule has 3 rings (SSSR count). The van der Waals surface area contributed by atoms with Crippen LogP contribution in [0.3, 0.4) is 0 Å². The summed E-state index contributed by atoms with van der Waals surface area (Å²) in [6, 6.07) is 8.18. The summed E-state index contributed by atoms with van der Waals surface area (Å²) >= 11 is 3.44. The zero-order valence-electron chi connectivity index (χ0n) is 10.5. The lowest BCUT2D eigenvalue weighted by Crippen LogP contribution is -2.35. The molecule has 2 N–H and O–H groups in total. The number of nitrogens with two attached hydrogens (primary N) is 1. The Morgan fingerprint density at radius 3 is 2.68 bits per heavy atom. The molecule has 2 aromatic rings. The topological polar surface area (TPSA) is 59.4 Å². The first kappa shape index (κ1) is 12.2. The van der Waals surface area contributed by atoms with E-state index in [4.69, 9.17) is 5.73 Å². The second-order valence-corrected chi connectivity index (χ2v) is 5.42. The molecule has 0 saturated heterocycles. The highest BCUT2D eigenvalue weighted by molar-refractivity contribution is 9.10. The number of nitrogens with zero attached hydrogens (tertiary/aromatic N) is 4. The minimum absolute atomic E-state index is 0.120. The van der Waals surface area contributed by atoms with Crippen LogP contribution in [0.5, 0.6) is 0 Å². The summed E-state index contributed by atoms with van der Waals surface area (Å²) in [4.78, 5) is 6.40. The zero-order valence-corrected chi connectivity index (χ0v) is 12.1. The molecule has 0 amide bonds. The van der Waals surface area contributed by atoms with Crippen LogP contribution in [0.1, 0.15) is 11.6 Å². The molecular weight excluding hydrogens is 306 g/mol. The van der Waals surface area contributed by atoms with Crippen LogP contribution >= 0.6 is 15.9 Å². The van der Waals surface area contributed by atoms with Gasteiger partial charge in [-0.25, -0.2) is 0 Å². The summed E-state index contributed by atoms with van der Waals surface area (Å²) in [6.07, 6.45) is 3.87. The Balaban J connectivity index is 1.96. The molecule has 0 radical (unpaired) electrons. The number of hydrogen-bond acceptors (Lipinski definition) is 4. The van der Waals surface area contributed by atoms with Crippen LogP contribution < -0.4 is 10.6 Å². The molecule has 1 aromatic heterocycles. The third-order valence-electron chi connectivity index (χ3n) is 3.20. The number of aromatic nitrogens is 2. The summed E-state index contributed by atoms with van der Waals surface area (Å²) in [5.74, 6) is 0.552. The van der Waals surface area contributed by atoms with Gasteiger partial charge < -0.3 is 10.6 Å². The number of guanidine groups is 1. The van der Waals surface area contributed by atoms with Crippen molar-refractivity contribution in [3.63, 3.8) is 0 Å². The average molecular weight is 320 g/mol. The maximum atomic E-state index is 6.02. The summed E-state index contributed by atoms with van der Waals surface area (Å²) < 4.78 is 2.84. The van der Waals surface area contributed by atoms with Crippen LogP contribution in [0.4, 0.5) is 5.69 Å². The van der Waals surface area contributed by atoms with Gasteiger partial charge in [0.05, 0.1) is 18.8 Å². The standard InChI is InChI=1S/C13H14BrN5/c1-18-8-9(6-17-18)12-7-16-13(15)19(12)11-4-2-10(14)3-5-11/h2-6,8,12H,7H2,1H3,(H2,15,16). The summed E-state index contributed by atoms with van der Waals surface area (Å²) in [5, 5.41) is 4.22. The maximum absolute atomic E-state index is 6.02. The van der Waals surface area contributed by atoms with Crippen molar-refractivity contribution in [2.75, 3.05) is 11.4 Å². The van der Waals surface area contributed by atoms with E-state index in [9.17, 15) is 0 Å². The fourth-order valence-electron chi connectivity index (χ4n) is 2.28.